The van der Waals surface area contributed by atoms with Crippen molar-refractivity contribution in [2.75, 3.05) is 11.9 Å². The minimum Gasteiger partial charge on any atom is -0.314 e. The normalized spacial score (nSPS) is 19.5. The van der Waals surface area contributed by atoms with Crippen molar-refractivity contribution in [2.24, 2.45) is 0 Å². The number of nitrogens with zero attached hydrogens (tertiary/aromatic N) is 1. The summed E-state index contributed by atoms with van der Waals surface area (Å²) < 4.78 is 0. The maximum atomic E-state index is 11.8. The third-order valence-electron chi connectivity index (χ3n) is 3.29. The van der Waals surface area contributed by atoms with E-state index >= 15 is 0 Å². The lowest BCUT2D eigenvalue weighted by molar-refractivity contribution is -0.116. The van der Waals surface area contributed by atoms with Gasteiger partial charge in [-0.15, -0.1) is 0 Å². The van der Waals surface area contributed by atoms with Gasteiger partial charge in [-0.25, -0.2) is 4.98 Å². The summed E-state index contributed by atoms with van der Waals surface area (Å²) in [6.45, 7) is 3.01. The number of rotatable bonds is 4. The fourth-order valence-electron chi connectivity index (χ4n) is 2.29. The number of nitrogens with one attached hydrogen (secondary N) is 2. The van der Waals surface area contributed by atoms with Gasteiger partial charge in [0.25, 0.3) is 0 Å². The molecule has 1 amide bonds. The Labute approximate surface area is 108 Å². The van der Waals surface area contributed by atoms with Gasteiger partial charge in [0.2, 0.25) is 5.91 Å². The number of piperidine rings is 1. The number of carbonyl (C=O) groups is 1. The van der Waals surface area contributed by atoms with E-state index in [9.17, 15) is 4.79 Å². The van der Waals surface area contributed by atoms with Crippen LogP contribution in [0.2, 0.25) is 0 Å². The highest BCUT2D eigenvalue weighted by atomic mass is 16.1. The van der Waals surface area contributed by atoms with Crippen molar-refractivity contribution in [3.8, 4) is 0 Å². The van der Waals surface area contributed by atoms with E-state index in [0.29, 0.717) is 18.3 Å². The number of hydrogen-bond donors (Lipinski definition) is 2. The maximum absolute atomic E-state index is 11.8. The number of pyridine rings is 1. The van der Waals surface area contributed by atoms with E-state index in [1.54, 1.807) is 0 Å². The van der Waals surface area contributed by atoms with Crippen molar-refractivity contribution >= 4 is 11.7 Å². The molecular weight excluding hydrogens is 226 g/mol. The van der Waals surface area contributed by atoms with Crippen molar-refractivity contribution in [1.82, 2.24) is 10.3 Å². The van der Waals surface area contributed by atoms with E-state index in [4.69, 9.17) is 0 Å². The summed E-state index contributed by atoms with van der Waals surface area (Å²) >= 11 is 0. The Kier molecular flexibility index (Phi) is 4.70. The summed E-state index contributed by atoms with van der Waals surface area (Å²) in [4.78, 5) is 16.0. The fourth-order valence-corrected chi connectivity index (χ4v) is 2.29. The van der Waals surface area contributed by atoms with Crippen LogP contribution in [0.5, 0.6) is 0 Å². The Hall–Kier alpha value is -1.42. The zero-order chi connectivity index (χ0) is 12.8. The molecule has 0 aromatic carbocycles. The van der Waals surface area contributed by atoms with Crippen molar-refractivity contribution in [3.05, 3.63) is 23.9 Å². The standard InChI is InChI=1S/C14H21N3O/c1-11-5-4-7-13(16-11)17-14(18)9-8-12-6-2-3-10-15-12/h4-5,7,12,15H,2-3,6,8-10H2,1H3,(H,16,17,18). The van der Waals surface area contributed by atoms with E-state index in [1.807, 2.05) is 25.1 Å². The van der Waals surface area contributed by atoms with E-state index in [2.05, 4.69) is 15.6 Å². The average molecular weight is 247 g/mol. The highest BCUT2D eigenvalue weighted by molar-refractivity contribution is 5.89. The first-order chi connectivity index (χ1) is 8.74. The number of aromatic nitrogens is 1. The molecule has 18 heavy (non-hydrogen) atoms. The second-order valence-corrected chi connectivity index (χ2v) is 4.90. The summed E-state index contributed by atoms with van der Waals surface area (Å²) in [6.07, 6.45) is 5.20. The van der Waals surface area contributed by atoms with Crippen LogP contribution in [0, 0.1) is 6.92 Å². The van der Waals surface area contributed by atoms with Gasteiger partial charge in [0.15, 0.2) is 0 Å². The van der Waals surface area contributed by atoms with Gasteiger partial charge in [-0.05, 0) is 44.9 Å². The number of aryl methyl sites for hydroxylation is 1. The minimum absolute atomic E-state index is 0.0560. The molecule has 1 atom stereocenters. The SMILES string of the molecule is Cc1cccc(NC(=O)CCC2CCCCN2)n1. The summed E-state index contributed by atoms with van der Waals surface area (Å²) in [5.41, 5.74) is 0.918. The van der Waals surface area contributed by atoms with Crippen LogP contribution in [0.3, 0.4) is 0 Å². The van der Waals surface area contributed by atoms with Crippen molar-refractivity contribution < 1.29 is 4.79 Å². The molecule has 1 aliphatic heterocycles. The van der Waals surface area contributed by atoms with Crippen LogP contribution in [0.25, 0.3) is 0 Å². The molecule has 2 N–H and O–H groups in total. The van der Waals surface area contributed by atoms with Gasteiger partial charge in [0, 0.05) is 18.2 Å². The van der Waals surface area contributed by atoms with Crippen LogP contribution in [-0.4, -0.2) is 23.5 Å². The summed E-state index contributed by atoms with van der Waals surface area (Å²) in [5, 5.41) is 6.30. The van der Waals surface area contributed by atoms with E-state index < -0.39 is 0 Å². The van der Waals surface area contributed by atoms with Gasteiger partial charge in [0.05, 0.1) is 0 Å². The van der Waals surface area contributed by atoms with Crippen LogP contribution in [0.1, 0.15) is 37.8 Å². The molecule has 4 nitrogen and oxygen atoms in total. The fraction of sp³-hybridized carbons (Fsp3) is 0.571. The molecule has 1 aromatic rings. The Morgan fingerprint density at radius 3 is 3.11 bits per heavy atom. The van der Waals surface area contributed by atoms with E-state index in [-0.39, 0.29) is 5.91 Å². The molecule has 2 rings (SSSR count). The maximum Gasteiger partial charge on any atom is 0.225 e. The molecule has 1 fully saturated rings. The van der Waals surface area contributed by atoms with E-state index in [1.165, 1.54) is 19.3 Å². The Balaban J connectivity index is 1.74. The molecule has 0 aliphatic carbocycles. The van der Waals surface area contributed by atoms with Gasteiger partial charge in [-0.2, -0.15) is 0 Å². The van der Waals surface area contributed by atoms with Gasteiger partial charge in [-0.3, -0.25) is 4.79 Å². The molecule has 1 aliphatic rings. The number of carbonyl (C=O) groups excluding carboxylic acids is 1. The van der Waals surface area contributed by atoms with Crippen LogP contribution in [0.15, 0.2) is 18.2 Å². The van der Waals surface area contributed by atoms with Gasteiger partial charge < -0.3 is 10.6 Å². The Morgan fingerprint density at radius 1 is 1.50 bits per heavy atom. The largest absolute Gasteiger partial charge is 0.314 e. The molecule has 4 heteroatoms. The molecule has 0 spiro atoms. The van der Waals surface area contributed by atoms with Gasteiger partial charge >= 0.3 is 0 Å². The zero-order valence-electron chi connectivity index (χ0n) is 10.9. The number of amides is 1. The van der Waals surface area contributed by atoms with Crippen LogP contribution < -0.4 is 10.6 Å². The first-order valence-electron chi connectivity index (χ1n) is 6.71. The highest BCUT2D eigenvalue weighted by Gasteiger charge is 2.14. The predicted molar refractivity (Wildman–Crippen MR) is 72.5 cm³/mol. The predicted octanol–water partition coefficient (Wildman–Crippen LogP) is 2.25. The molecule has 1 aromatic heterocycles. The third kappa shape index (κ3) is 4.11. The molecule has 98 valence electrons. The highest BCUT2D eigenvalue weighted by Crippen LogP contribution is 2.12. The van der Waals surface area contributed by atoms with Gasteiger partial charge in [0.1, 0.15) is 5.82 Å². The lowest BCUT2D eigenvalue weighted by atomic mass is 10.0. The first kappa shape index (κ1) is 13.0. The minimum atomic E-state index is 0.0560. The smallest absolute Gasteiger partial charge is 0.225 e. The second-order valence-electron chi connectivity index (χ2n) is 4.90. The molecular formula is C14H21N3O. The zero-order valence-corrected chi connectivity index (χ0v) is 10.9. The molecule has 0 bridgehead atoms. The first-order valence-corrected chi connectivity index (χ1v) is 6.71. The quantitative estimate of drug-likeness (QED) is 0.858. The van der Waals surface area contributed by atoms with Crippen molar-refractivity contribution in [3.63, 3.8) is 0 Å². The monoisotopic (exact) mass is 247 g/mol. The number of hydrogen-bond acceptors (Lipinski definition) is 3. The van der Waals surface area contributed by atoms with Crippen molar-refractivity contribution in [2.45, 2.75) is 45.1 Å². The van der Waals surface area contributed by atoms with Crippen LogP contribution >= 0.6 is 0 Å². The second kappa shape index (κ2) is 6.50. The Bertz CT molecular complexity index is 400. The summed E-state index contributed by atoms with van der Waals surface area (Å²) in [6, 6.07) is 6.15. The summed E-state index contributed by atoms with van der Waals surface area (Å²) in [7, 11) is 0. The Morgan fingerprint density at radius 2 is 2.39 bits per heavy atom. The topological polar surface area (TPSA) is 54.0 Å². The molecule has 0 radical (unpaired) electrons. The summed E-state index contributed by atoms with van der Waals surface area (Å²) in [5.74, 6) is 0.706. The third-order valence-corrected chi connectivity index (χ3v) is 3.29. The molecule has 2 heterocycles. The lowest BCUT2D eigenvalue weighted by Crippen LogP contribution is -2.34. The molecule has 1 unspecified atom stereocenters. The lowest BCUT2D eigenvalue weighted by Gasteiger charge is -2.22. The molecule has 0 saturated carbocycles. The van der Waals surface area contributed by atoms with Gasteiger partial charge in [-0.1, -0.05) is 12.5 Å². The van der Waals surface area contributed by atoms with Crippen molar-refractivity contribution in [1.29, 1.82) is 0 Å². The van der Waals surface area contributed by atoms with Crippen LogP contribution in [-0.2, 0) is 4.79 Å². The van der Waals surface area contributed by atoms with E-state index in [0.717, 1.165) is 18.7 Å². The van der Waals surface area contributed by atoms with Crippen LogP contribution in [0.4, 0.5) is 5.82 Å². The molecule has 1 saturated heterocycles. The number of anilines is 1. The average Bonchev–Trinajstić information content (AvgIpc) is 2.38.